The van der Waals surface area contributed by atoms with Gasteiger partial charge < -0.3 is 25.2 Å². The number of nitrogens with zero attached hydrogens (tertiary/aromatic N) is 2. The summed E-state index contributed by atoms with van der Waals surface area (Å²) < 4.78 is 5.24. The Balaban J connectivity index is 1.58. The minimum Gasteiger partial charge on any atom is -0.496 e. The molecule has 0 saturated carbocycles. The van der Waals surface area contributed by atoms with Gasteiger partial charge in [-0.05, 0) is 43.3 Å². The molecule has 7 nitrogen and oxygen atoms in total. The van der Waals surface area contributed by atoms with E-state index in [0.717, 1.165) is 24.5 Å². The Morgan fingerprint density at radius 1 is 1.00 bits per heavy atom. The molecule has 1 fully saturated rings. The summed E-state index contributed by atoms with van der Waals surface area (Å²) in [4.78, 5) is 28.5. The van der Waals surface area contributed by atoms with Crippen LogP contribution in [0.3, 0.4) is 0 Å². The van der Waals surface area contributed by atoms with Crippen molar-refractivity contribution in [2.45, 2.75) is 6.92 Å². The van der Waals surface area contributed by atoms with Crippen LogP contribution in [0.25, 0.3) is 0 Å². The first-order valence-corrected chi connectivity index (χ1v) is 9.44. The van der Waals surface area contributed by atoms with Gasteiger partial charge in [0.2, 0.25) is 0 Å². The lowest BCUT2D eigenvalue weighted by Gasteiger charge is -2.36. The third-order valence-corrected chi connectivity index (χ3v) is 4.74. The summed E-state index contributed by atoms with van der Waals surface area (Å²) in [6, 6.07) is 14.9. The zero-order chi connectivity index (χ0) is 19.9. The van der Waals surface area contributed by atoms with Crippen LogP contribution in [-0.4, -0.2) is 56.7 Å². The molecule has 0 atom stereocenters. The number of hydrogen-bond donors (Lipinski definition) is 2. The van der Waals surface area contributed by atoms with Gasteiger partial charge in [0.1, 0.15) is 5.75 Å². The van der Waals surface area contributed by atoms with Crippen molar-refractivity contribution < 1.29 is 14.3 Å². The maximum absolute atomic E-state index is 12.5. The number of carbonyl (C=O) groups is 2. The Morgan fingerprint density at radius 3 is 2.32 bits per heavy atom. The molecular formula is C21H26N4O3. The lowest BCUT2D eigenvalue weighted by molar-refractivity contribution is 0.102. The summed E-state index contributed by atoms with van der Waals surface area (Å²) in [7, 11) is 1.55. The van der Waals surface area contributed by atoms with E-state index in [1.165, 1.54) is 0 Å². The van der Waals surface area contributed by atoms with Crippen LogP contribution < -0.4 is 20.3 Å². The van der Waals surface area contributed by atoms with E-state index in [0.29, 0.717) is 30.9 Å². The molecule has 2 aromatic rings. The van der Waals surface area contributed by atoms with Gasteiger partial charge in [0.05, 0.1) is 12.7 Å². The monoisotopic (exact) mass is 382 g/mol. The first kappa shape index (κ1) is 19.5. The SMILES string of the molecule is CCNC(=O)N1CCN(c2ccc(NC(=O)c3ccccc3OC)cc2)CC1. The first-order valence-electron chi connectivity index (χ1n) is 9.44. The Kier molecular flexibility index (Phi) is 6.37. The molecule has 0 spiro atoms. The van der Waals surface area contributed by atoms with E-state index in [1.54, 1.807) is 25.3 Å². The number of hydrogen-bond acceptors (Lipinski definition) is 4. The maximum Gasteiger partial charge on any atom is 0.317 e. The number of methoxy groups -OCH3 is 1. The largest absolute Gasteiger partial charge is 0.496 e. The molecule has 1 heterocycles. The number of anilines is 2. The summed E-state index contributed by atoms with van der Waals surface area (Å²) in [5.41, 5.74) is 2.29. The van der Waals surface area contributed by atoms with E-state index < -0.39 is 0 Å². The molecule has 0 aromatic heterocycles. The average molecular weight is 382 g/mol. The zero-order valence-corrected chi connectivity index (χ0v) is 16.3. The van der Waals surface area contributed by atoms with Crippen LogP contribution in [0.5, 0.6) is 5.75 Å². The summed E-state index contributed by atoms with van der Waals surface area (Å²) in [6.07, 6.45) is 0. The highest BCUT2D eigenvalue weighted by Gasteiger charge is 2.20. The van der Waals surface area contributed by atoms with Gasteiger partial charge in [-0.15, -0.1) is 0 Å². The lowest BCUT2D eigenvalue weighted by atomic mass is 10.1. The average Bonchev–Trinajstić information content (AvgIpc) is 2.74. The van der Waals surface area contributed by atoms with Gasteiger partial charge in [0.25, 0.3) is 5.91 Å². The topological polar surface area (TPSA) is 73.9 Å². The molecule has 0 radical (unpaired) electrons. The fraction of sp³-hybridized carbons (Fsp3) is 0.333. The molecule has 0 bridgehead atoms. The molecule has 28 heavy (non-hydrogen) atoms. The third kappa shape index (κ3) is 4.54. The predicted octanol–water partition coefficient (Wildman–Crippen LogP) is 2.80. The Morgan fingerprint density at radius 2 is 1.68 bits per heavy atom. The highest BCUT2D eigenvalue weighted by molar-refractivity contribution is 6.06. The van der Waals surface area contributed by atoms with Gasteiger partial charge >= 0.3 is 6.03 Å². The van der Waals surface area contributed by atoms with Crippen molar-refractivity contribution in [2.24, 2.45) is 0 Å². The standard InChI is InChI=1S/C21H26N4O3/c1-3-22-21(27)25-14-12-24(13-15-25)17-10-8-16(9-11-17)23-20(26)18-6-4-5-7-19(18)28-2/h4-11H,3,12-15H2,1-2H3,(H,22,27)(H,23,26). The van der Waals surface area contributed by atoms with Crippen molar-refractivity contribution in [1.82, 2.24) is 10.2 Å². The van der Waals surface area contributed by atoms with Crippen LogP contribution in [0.1, 0.15) is 17.3 Å². The van der Waals surface area contributed by atoms with E-state index >= 15 is 0 Å². The van der Waals surface area contributed by atoms with Gasteiger partial charge in [-0.3, -0.25) is 4.79 Å². The smallest absolute Gasteiger partial charge is 0.317 e. The second kappa shape index (κ2) is 9.12. The molecule has 2 N–H and O–H groups in total. The molecule has 1 saturated heterocycles. The number of rotatable bonds is 5. The Hall–Kier alpha value is -3.22. The number of carbonyl (C=O) groups excluding carboxylic acids is 2. The van der Waals surface area contributed by atoms with Crippen LogP contribution in [0, 0.1) is 0 Å². The van der Waals surface area contributed by atoms with Gasteiger partial charge in [-0.25, -0.2) is 4.79 Å². The van der Waals surface area contributed by atoms with Crippen molar-refractivity contribution in [2.75, 3.05) is 50.1 Å². The number of urea groups is 1. The van der Waals surface area contributed by atoms with E-state index in [9.17, 15) is 9.59 Å². The van der Waals surface area contributed by atoms with Crippen molar-refractivity contribution in [3.8, 4) is 5.75 Å². The molecule has 1 aliphatic rings. The predicted molar refractivity (Wildman–Crippen MR) is 110 cm³/mol. The minimum atomic E-state index is -0.208. The molecule has 1 aliphatic heterocycles. The summed E-state index contributed by atoms with van der Waals surface area (Å²) in [5.74, 6) is 0.336. The van der Waals surface area contributed by atoms with Crippen molar-refractivity contribution >= 4 is 23.3 Å². The van der Waals surface area contributed by atoms with Crippen LogP contribution in [0.2, 0.25) is 0 Å². The number of amides is 3. The van der Waals surface area contributed by atoms with Gasteiger partial charge in [-0.1, -0.05) is 12.1 Å². The minimum absolute atomic E-state index is 0.00319. The molecule has 2 aromatic carbocycles. The number of benzene rings is 2. The molecule has 3 amide bonds. The van der Waals surface area contributed by atoms with Crippen LogP contribution in [0.15, 0.2) is 48.5 Å². The Labute approximate surface area is 165 Å². The van der Waals surface area contributed by atoms with E-state index in [1.807, 2.05) is 42.2 Å². The van der Waals surface area contributed by atoms with Crippen molar-refractivity contribution in [1.29, 1.82) is 0 Å². The fourth-order valence-corrected chi connectivity index (χ4v) is 3.22. The van der Waals surface area contributed by atoms with Crippen LogP contribution in [0.4, 0.5) is 16.2 Å². The van der Waals surface area contributed by atoms with Crippen molar-refractivity contribution in [3.05, 3.63) is 54.1 Å². The number of ether oxygens (including phenoxy) is 1. The van der Waals surface area contributed by atoms with E-state index in [2.05, 4.69) is 15.5 Å². The molecule has 3 rings (SSSR count). The number of nitrogens with one attached hydrogen (secondary N) is 2. The zero-order valence-electron chi connectivity index (χ0n) is 16.3. The van der Waals surface area contributed by atoms with E-state index in [4.69, 9.17) is 4.74 Å². The van der Waals surface area contributed by atoms with Gasteiger partial charge in [0.15, 0.2) is 0 Å². The van der Waals surface area contributed by atoms with Crippen LogP contribution in [-0.2, 0) is 0 Å². The number of para-hydroxylation sites is 1. The highest BCUT2D eigenvalue weighted by Crippen LogP contribution is 2.22. The number of piperazine rings is 1. The Bertz CT molecular complexity index is 815. The first-order chi connectivity index (χ1) is 13.6. The highest BCUT2D eigenvalue weighted by atomic mass is 16.5. The second-order valence-electron chi connectivity index (χ2n) is 6.51. The van der Waals surface area contributed by atoms with E-state index in [-0.39, 0.29) is 11.9 Å². The molecule has 148 valence electrons. The molecule has 0 unspecified atom stereocenters. The van der Waals surface area contributed by atoms with Crippen molar-refractivity contribution in [3.63, 3.8) is 0 Å². The summed E-state index contributed by atoms with van der Waals surface area (Å²) in [6.45, 7) is 5.51. The van der Waals surface area contributed by atoms with Crippen LogP contribution >= 0.6 is 0 Å². The molecule has 7 heteroatoms. The van der Waals surface area contributed by atoms with Gasteiger partial charge in [-0.2, -0.15) is 0 Å². The lowest BCUT2D eigenvalue weighted by Crippen LogP contribution is -2.51. The fourth-order valence-electron chi connectivity index (χ4n) is 3.22. The summed E-state index contributed by atoms with van der Waals surface area (Å²) >= 11 is 0. The normalized spacial score (nSPS) is 13.8. The maximum atomic E-state index is 12.5. The second-order valence-corrected chi connectivity index (χ2v) is 6.51. The quantitative estimate of drug-likeness (QED) is 0.834. The summed E-state index contributed by atoms with van der Waals surface area (Å²) in [5, 5.41) is 5.74. The van der Waals surface area contributed by atoms with Gasteiger partial charge in [0, 0.05) is 44.1 Å². The third-order valence-electron chi connectivity index (χ3n) is 4.74. The molecular weight excluding hydrogens is 356 g/mol. The molecule has 0 aliphatic carbocycles.